The van der Waals surface area contributed by atoms with Gasteiger partial charge in [0.05, 0.1) is 6.04 Å². The first kappa shape index (κ1) is 20.6. The van der Waals surface area contributed by atoms with E-state index in [1.165, 1.54) is 6.42 Å². The molecule has 0 aromatic heterocycles. The molecule has 2 heterocycles. The monoisotopic (exact) mass is 405 g/mol. The number of hydrogen-bond donors (Lipinski definition) is 0. The van der Waals surface area contributed by atoms with Crippen molar-refractivity contribution in [1.82, 2.24) is 14.7 Å². The van der Waals surface area contributed by atoms with Crippen LogP contribution in [0.25, 0.3) is 11.1 Å². The van der Waals surface area contributed by atoms with Crippen molar-refractivity contribution in [3.63, 3.8) is 0 Å². The van der Waals surface area contributed by atoms with Crippen molar-refractivity contribution in [1.29, 1.82) is 0 Å². The van der Waals surface area contributed by atoms with Gasteiger partial charge in [-0.3, -0.25) is 14.5 Å². The van der Waals surface area contributed by atoms with Crippen LogP contribution in [-0.4, -0.2) is 71.8 Å². The summed E-state index contributed by atoms with van der Waals surface area (Å²) in [6.45, 7) is 6.61. The third-order valence-corrected chi connectivity index (χ3v) is 6.41. The van der Waals surface area contributed by atoms with E-state index in [1.54, 1.807) is 0 Å². The van der Waals surface area contributed by atoms with Crippen LogP contribution in [0, 0.1) is 0 Å². The van der Waals surface area contributed by atoms with E-state index < -0.39 is 0 Å². The zero-order chi connectivity index (χ0) is 20.9. The Labute approximate surface area is 179 Å². The number of amides is 2. The second-order valence-electron chi connectivity index (χ2n) is 8.33. The third-order valence-electron chi connectivity index (χ3n) is 6.41. The average Bonchev–Trinajstić information content (AvgIpc) is 2.84. The Bertz CT molecular complexity index is 852. The van der Waals surface area contributed by atoms with E-state index in [0.29, 0.717) is 13.1 Å². The molecular weight excluding hydrogens is 374 g/mol. The van der Waals surface area contributed by atoms with Crippen LogP contribution < -0.4 is 0 Å². The van der Waals surface area contributed by atoms with Crippen LogP contribution in [0.5, 0.6) is 0 Å². The number of benzene rings is 2. The highest BCUT2D eigenvalue weighted by Crippen LogP contribution is 2.20. The second-order valence-corrected chi connectivity index (χ2v) is 8.33. The van der Waals surface area contributed by atoms with E-state index in [-0.39, 0.29) is 17.9 Å². The van der Waals surface area contributed by atoms with Crippen LogP contribution in [0.2, 0.25) is 0 Å². The number of rotatable bonds is 4. The minimum atomic E-state index is -0.106. The van der Waals surface area contributed by atoms with E-state index in [0.717, 1.165) is 55.7 Å². The fourth-order valence-corrected chi connectivity index (χ4v) is 4.47. The molecule has 0 aliphatic carbocycles. The number of carbonyl (C=O) groups excluding carboxylic acids is 2. The molecule has 2 amide bonds. The third kappa shape index (κ3) is 4.57. The van der Waals surface area contributed by atoms with Crippen molar-refractivity contribution < 1.29 is 9.59 Å². The lowest BCUT2D eigenvalue weighted by atomic mass is 10.0. The molecule has 0 spiro atoms. The molecule has 1 atom stereocenters. The summed E-state index contributed by atoms with van der Waals surface area (Å²) in [5.41, 5.74) is 2.99. The molecule has 2 aliphatic rings. The lowest BCUT2D eigenvalue weighted by molar-refractivity contribution is -0.137. The molecule has 1 unspecified atom stereocenters. The van der Waals surface area contributed by atoms with Crippen LogP contribution in [0.4, 0.5) is 0 Å². The topological polar surface area (TPSA) is 43.9 Å². The molecule has 0 N–H and O–H groups in total. The minimum Gasteiger partial charge on any atom is -0.341 e. The van der Waals surface area contributed by atoms with Gasteiger partial charge in [0.25, 0.3) is 5.91 Å². The molecule has 5 heteroatoms. The van der Waals surface area contributed by atoms with E-state index in [9.17, 15) is 9.59 Å². The van der Waals surface area contributed by atoms with Crippen molar-refractivity contribution >= 4 is 11.8 Å². The lowest BCUT2D eigenvalue weighted by Gasteiger charge is -2.39. The fourth-order valence-electron chi connectivity index (χ4n) is 4.47. The minimum absolute atomic E-state index is 0.0734. The Morgan fingerprint density at radius 2 is 1.30 bits per heavy atom. The number of carbonyl (C=O) groups is 2. The van der Waals surface area contributed by atoms with Crippen molar-refractivity contribution in [2.45, 2.75) is 32.2 Å². The Morgan fingerprint density at radius 1 is 0.700 bits per heavy atom. The quantitative estimate of drug-likeness (QED) is 0.782. The van der Waals surface area contributed by atoms with Gasteiger partial charge in [-0.1, -0.05) is 42.5 Å². The largest absolute Gasteiger partial charge is 0.341 e. The molecule has 0 saturated carbocycles. The predicted molar refractivity (Wildman–Crippen MR) is 119 cm³/mol. The van der Waals surface area contributed by atoms with Gasteiger partial charge in [0, 0.05) is 44.8 Å². The van der Waals surface area contributed by atoms with Gasteiger partial charge >= 0.3 is 0 Å². The molecule has 2 aromatic carbocycles. The first-order valence-electron chi connectivity index (χ1n) is 11.1. The summed E-state index contributed by atoms with van der Waals surface area (Å²) in [5, 5.41) is 0. The molecule has 5 nitrogen and oxygen atoms in total. The van der Waals surface area contributed by atoms with Gasteiger partial charge in [-0.15, -0.1) is 0 Å². The molecule has 0 bridgehead atoms. The van der Waals surface area contributed by atoms with E-state index in [2.05, 4.69) is 17.0 Å². The van der Waals surface area contributed by atoms with Crippen LogP contribution in [0.1, 0.15) is 36.5 Å². The van der Waals surface area contributed by atoms with Crippen LogP contribution in [0.3, 0.4) is 0 Å². The highest BCUT2D eigenvalue weighted by atomic mass is 16.2. The number of hydrogen-bond acceptors (Lipinski definition) is 3. The summed E-state index contributed by atoms with van der Waals surface area (Å²) in [4.78, 5) is 31.9. The summed E-state index contributed by atoms with van der Waals surface area (Å²) in [6.07, 6.45) is 3.46. The molecule has 30 heavy (non-hydrogen) atoms. The smallest absolute Gasteiger partial charge is 0.253 e. The molecule has 2 aliphatic heterocycles. The first-order chi connectivity index (χ1) is 14.6. The van der Waals surface area contributed by atoms with Gasteiger partial charge in [0.15, 0.2) is 0 Å². The number of piperidine rings is 1. The van der Waals surface area contributed by atoms with Crippen molar-refractivity contribution in [2.24, 2.45) is 0 Å². The number of likely N-dealkylation sites (tertiary alicyclic amines) is 1. The molecule has 158 valence electrons. The van der Waals surface area contributed by atoms with Crippen molar-refractivity contribution in [3.05, 3.63) is 60.2 Å². The Balaban J connectivity index is 1.32. The summed E-state index contributed by atoms with van der Waals surface area (Å²) < 4.78 is 0. The van der Waals surface area contributed by atoms with Gasteiger partial charge in [-0.2, -0.15) is 0 Å². The Morgan fingerprint density at radius 3 is 1.93 bits per heavy atom. The van der Waals surface area contributed by atoms with Crippen LogP contribution in [0.15, 0.2) is 54.6 Å². The van der Waals surface area contributed by atoms with E-state index in [4.69, 9.17) is 0 Å². The van der Waals surface area contributed by atoms with Gasteiger partial charge in [0.1, 0.15) is 0 Å². The molecule has 0 radical (unpaired) electrons. The summed E-state index contributed by atoms with van der Waals surface area (Å²) in [7, 11) is 0. The second kappa shape index (κ2) is 9.43. The zero-order valence-electron chi connectivity index (χ0n) is 17.8. The van der Waals surface area contributed by atoms with Crippen LogP contribution >= 0.6 is 0 Å². The van der Waals surface area contributed by atoms with Gasteiger partial charge in [0.2, 0.25) is 5.91 Å². The lowest BCUT2D eigenvalue weighted by Crippen LogP contribution is -2.56. The maximum Gasteiger partial charge on any atom is 0.253 e. The maximum absolute atomic E-state index is 12.9. The summed E-state index contributed by atoms with van der Waals surface area (Å²) >= 11 is 0. The zero-order valence-corrected chi connectivity index (χ0v) is 17.8. The number of piperazine rings is 1. The highest BCUT2D eigenvalue weighted by molar-refractivity contribution is 5.94. The molecule has 2 aromatic rings. The molecule has 2 saturated heterocycles. The van der Waals surface area contributed by atoms with Crippen molar-refractivity contribution in [2.75, 3.05) is 39.3 Å². The summed E-state index contributed by atoms with van der Waals surface area (Å²) in [5.74, 6) is 0.315. The average molecular weight is 406 g/mol. The van der Waals surface area contributed by atoms with E-state index in [1.807, 2.05) is 59.2 Å². The van der Waals surface area contributed by atoms with Gasteiger partial charge < -0.3 is 9.80 Å². The SMILES string of the molecule is CC(C(=O)N1CCCCC1)N1CCN(C(=O)c2ccc(-c3ccccc3)cc2)CC1. The van der Waals surface area contributed by atoms with E-state index >= 15 is 0 Å². The fraction of sp³-hybridized carbons (Fsp3) is 0.440. The molecule has 2 fully saturated rings. The van der Waals surface area contributed by atoms with Crippen molar-refractivity contribution in [3.8, 4) is 11.1 Å². The standard InChI is InChI=1S/C25H31N3O2/c1-20(24(29)27-14-6-3-7-15-27)26-16-18-28(19-17-26)25(30)23-12-10-22(11-13-23)21-8-4-2-5-9-21/h2,4-5,8-13,20H,3,6-7,14-19H2,1H3. The molecular formula is C25H31N3O2. The van der Waals surface area contributed by atoms with Gasteiger partial charge in [-0.25, -0.2) is 0 Å². The maximum atomic E-state index is 12.9. The summed E-state index contributed by atoms with van der Waals surface area (Å²) in [6, 6.07) is 17.9. The number of nitrogens with zero attached hydrogens (tertiary/aromatic N) is 3. The first-order valence-corrected chi connectivity index (χ1v) is 11.1. The van der Waals surface area contributed by atoms with Gasteiger partial charge in [-0.05, 0) is 49.4 Å². The Kier molecular flexibility index (Phi) is 6.48. The van der Waals surface area contributed by atoms with Crippen LogP contribution in [-0.2, 0) is 4.79 Å². The normalized spacial score (nSPS) is 18.8. The Hall–Kier alpha value is -2.66. The predicted octanol–water partition coefficient (Wildman–Crippen LogP) is 3.51. The highest BCUT2D eigenvalue weighted by Gasteiger charge is 2.30. The molecule has 4 rings (SSSR count).